The molecule has 0 saturated heterocycles. The maximum atomic E-state index is 13.4. The minimum atomic E-state index is -2.81. The zero-order valence-electron chi connectivity index (χ0n) is 12.5. The van der Waals surface area contributed by atoms with Crippen LogP contribution in [0.25, 0.3) is 11.0 Å². The SMILES string of the molecule is CC(OC(=O)c1cccnc1Cl)c1nc2ccccc2n1C(F)F. The molecule has 0 fully saturated rings. The second kappa shape index (κ2) is 6.52. The first-order valence-corrected chi connectivity index (χ1v) is 7.43. The van der Waals surface area contributed by atoms with Gasteiger partial charge in [0.1, 0.15) is 5.15 Å². The average Bonchev–Trinajstić information content (AvgIpc) is 2.95. The highest BCUT2D eigenvalue weighted by Crippen LogP contribution is 2.29. The Morgan fingerprint density at radius 2 is 2.00 bits per heavy atom. The fourth-order valence-electron chi connectivity index (χ4n) is 2.37. The van der Waals surface area contributed by atoms with E-state index >= 15 is 0 Å². The van der Waals surface area contributed by atoms with E-state index in [0.717, 1.165) is 4.57 Å². The van der Waals surface area contributed by atoms with E-state index in [0.29, 0.717) is 5.52 Å². The van der Waals surface area contributed by atoms with E-state index in [4.69, 9.17) is 16.3 Å². The molecule has 1 unspecified atom stereocenters. The molecule has 1 aromatic carbocycles. The van der Waals surface area contributed by atoms with Crippen molar-refractivity contribution in [3.63, 3.8) is 0 Å². The van der Waals surface area contributed by atoms with Gasteiger partial charge in [0, 0.05) is 6.20 Å². The number of hydrogen-bond acceptors (Lipinski definition) is 4. The lowest BCUT2D eigenvalue weighted by atomic mass is 10.3. The van der Waals surface area contributed by atoms with Crippen LogP contribution in [0.3, 0.4) is 0 Å². The van der Waals surface area contributed by atoms with Gasteiger partial charge in [0.15, 0.2) is 11.9 Å². The molecule has 0 aliphatic carbocycles. The Morgan fingerprint density at radius 1 is 1.25 bits per heavy atom. The predicted octanol–water partition coefficient (Wildman–Crippen LogP) is 4.40. The van der Waals surface area contributed by atoms with E-state index in [9.17, 15) is 13.6 Å². The number of alkyl halides is 2. The quantitative estimate of drug-likeness (QED) is 0.516. The molecule has 1 atom stereocenters. The van der Waals surface area contributed by atoms with Crippen LogP contribution >= 0.6 is 11.6 Å². The molecule has 24 heavy (non-hydrogen) atoms. The van der Waals surface area contributed by atoms with Gasteiger partial charge in [0.05, 0.1) is 16.6 Å². The van der Waals surface area contributed by atoms with Crippen LogP contribution in [0.5, 0.6) is 0 Å². The van der Waals surface area contributed by atoms with Crippen molar-refractivity contribution in [2.45, 2.75) is 19.6 Å². The first-order chi connectivity index (χ1) is 11.5. The molecule has 0 amide bonds. The van der Waals surface area contributed by atoms with Gasteiger partial charge < -0.3 is 4.74 Å². The molecule has 2 aromatic heterocycles. The number of aromatic nitrogens is 3. The highest BCUT2D eigenvalue weighted by molar-refractivity contribution is 6.32. The summed E-state index contributed by atoms with van der Waals surface area (Å²) in [7, 11) is 0. The average molecular weight is 352 g/mol. The summed E-state index contributed by atoms with van der Waals surface area (Å²) in [5.41, 5.74) is 0.727. The third kappa shape index (κ3) is 2.94. The summed E-state index contributed by atoms with van der Waals surface area (Å²) in [6.45, 7) is -1.34. The van der Waals surface area contributed by atoms with Crippen LogP contribution in [0.15, 0.2) is 42.6 Å². The fourth-order valence-corrected chi connectivity index (χ4v) is 2.57. The number of esters is 1. The molecule has 124 valence electrons. The van der Waals surface area contributed by atoms with Crippen molar-refractivity contribution in [3.8, 4) is 0 Å². The summed E-state index contributed by atoms with van der Waals surface area (Å²) in [6.07, 6.45) is 0.439. The third-order valence-corrected chi connectivity index (χ3v) is 3.75. The van der Waals surface area contributed by atoms with Crippen LogP contribution in [0.4, 0.5) is 8.78 Å². The maximum absolute atomic E-state index is 13.4. The lowest BCUT2D eigenvalue weighted by molar-refractivity contribution is 0.0233. The van der Waals surface area contributed by atoms with Gasteiger partial charge in [-0.25, -0.2) is 14.8 Å². The van der Waals surface area contributed by atoms with E-state index < -0.39 is 18.6 Å². The number of fused-ring (bicyclic) bond motifs is 1. The second-order valence-electron chi connectivity index (χ2n) is 5.00. The Hall–Kier alpha value is -2.54. The van der Waals surface area contributed by atoms with E-state index in [1.165, 1.54) is 31.3 Å². The predicted molar refractivity (Wildman–Crippen MR) is 84.1 cm³/mol. The summed E-state index contributed by atoms with van der Waals surface area (Å²) in [5.74, 6) is -0.798. The van der Waals surface area contributed by atoms with Gasteiger partial charge in [-0.15, -0.1) is 0 Å². The smallest absolute Gasteiger partial charge is 0.341 e. The van der Waals surface area contributed by atoms with Crippen LogP contribution < -0.4 is 0 Å². The number of pyridine rings is 1. The molecule has 0 aliphatic rings. The minimum absolute atomic E-state index is 0.0166. The monoisotopic (exact) mass is 351 g/mol. The van der Waals surface area contributed by atoms with Gasteiger partial charge in [0.25, 0.3) is 0 Å². The van der Waals surface area contributed by atoms with Gasteiger partial charge >= 0.3 is 12.5 Å². The zero-order valence-corrected chi connectivity index (χ0v) is 13.2. The Morgan fingerprint density at radius 3 is 2.71 bits per heavy atom. The molecule has 8 heteroatoms. The Balaban J connectivity index is 1.94. The molecule has 0 saturated carbocycles. The lowest BCUT2D eigenvalue weighted by Gasteiger charge is -2.15. The molecule has 0 spiro atoms. The van der Waals surface area contributed by atoms with Gasteiger partial charge in [-0.3, -0.25) is 4.57 Å². The maximum Gasteiger partial charge on any atom is 0.341 e. The number of nitrogens with zero attached hydrogens (tertiary/aromatic N) is 3. The number of rotatable bonds is 4. The topological polar surface area (TPSA) is 57.0 Å². The van der Waals surface area contributed by atoms with Crippen LogP contribution in [-0.4, -0.2) is 20.5 Å². The number of carbonyl (C=O) groups is 1. The normalized spacial score (nSPS) is 12.5. The number of halogens is 3. The van der Waals surface area contributed by atoms with Gasteiger partial charge in [-0.2, -0.15) is 8.78 Å². The number of hydrogen-bond donors (Lipinski definition) is 0. The van der Waals surface area contributed by atoms with Crippen molar-refractivity contribution in [1.29, 1.82) is 0 Å². The van der Waals surface area contributed by atoms with Crippen LogP contribution in [0, 0.1) is 0 Å². The van der Waals surface area contributed by atoms with Crippen molar-refractivity contribution >= 4 is 28.6 Å². The first-order valence-electron chi connectivity index (χ1n) is 7.05. The molecule has 3 rings (SSSR count). The summed E-state index contributed by atoms with van der Waals surface area (Å²) >= 11 is 5.84. The molecule has 0 bridgehead atoms. The van der Waals surface area contributed by atoms with Gasteiger partial charge in [0.2, 0.25) is 0 Å². The summed E-state index contributed by atoms with van der Waals surface area (Å²) < 4.78 is 32.8. The van der Waals surface area contributed by atoms with Crippen molar-refractivity contribution in [2.24, 2.45) is 0 Å². The highest BCUT2D eigenvalue weighted by Gasteiger charge is 2.25. The molecule has 5 nitrogen and oxygen atoms in total. The van der Waals surface area contributed by atoms with Crippen LogP contribution in [0.2, 0.25) is 5.15 Å². The van der Waals surface area contributed by atoms with Crippen molar-refractivity contribution < 1.29 is 18.3 Å². The number of para-hydroxylation sites is 2. The summed E-state index contributed by atoms with van der Waals surface area (Å²) in [4.78, 5) is 20.1. The Labute approximate surface area is 140 Å². The van der Waals surface area contributed by atoms with Gasteiger partial charge in [-0.1, -0.05) is 23.7 Å². The van der Waals surface area contributed by atoms with Crippen molar-refractivity contribution in [1.82, 2.24) is 14.5 Å². The van der Waals surface area contributed by atoms with E-state index in [1.807, 2.05) is 0 Å². The molecule has 2 heterocycles. The summed E-state index contributed by atoms with van der Waals surface area (Å²) in [6, 6.07) is 9.45. The largest absolute Gasteiger partial charge is 0.451 e. The van der Waals surface area contributed by atoms with Gasteiger partial charge in [-0.05, 0) is 31.2 Å². The third-order valence-electron chi connectivity index (χ3n) is 3.44. The number of imidazole rings is 1. The molecule has 0 radical (unpaired) electrons. The number of ether oxygens (including phenoxy) is 1. The highest BCUT2D eigenvalue weighted by atomic mass is 35.5. The van der Waals surface area contributed by atoms with Crippen molar-refractivity contribution in [2.75, 3.05) is 0 Å². The number of benzene rings is 1. The van der Waals surface area contributed by atoms with Crippen molar-refractivity contribution in [3.05, 3.63) is 59.1 Å². The molecule has 3 aromatic rings. The first kappa shape index (κ1) is 16.3. The van der Waals surface area contributed by atoms with Crippen LogP contribution in [-0.2, 0) is 4.74 Å². The molecular formula is C16H12ClF2N3O2. The lowest BCUT2D eigenvalue weighted by Crippen LogP contribution is -2.15. The Bertz CT molecular complexity index is 898. The van der Waals surface area contributed by atoms with E-state index in [-0.39, 0.29) is 22.1 Å². The second-order valence-corrected chi connectivity index (χ2v) is 5.35. The van der Waals surface area contributed by atoms with E-state index in [2.05, 4.69) is 9.97 Å². The zero-order chi connectivity index (χ0) is 17.3. The summed E-state index contributed by atoms with van der Waals surface area (Å²) in [5, 5.41) is -0.0166. The van der Waals surface area contributed by atoms with Crippen LogP contribution in [0.1, 0.15) is 35.8 Å². The number of carbonyl (C=O) groups excluding carboxylic acids is 1. The molecule has 0 aliphatic heterocycles. The molecule has 0 N–H and O–H groups in total. The van der Waals surface area contributed by atoms with E-state index in [1.54, 1.807) is 18.2 Å². The molecular weight excluding hydrogens is 340 g/mol. The Kier molecular flexibility index (Phi) is 4.44. The standard InChI is InChI=1S/C16H12ClF2N3O2/c1-9(24-15(23)10-5-4-8-20-13(10)17)14-21-11-6-2-3-7-12(11)22(14)16(18)19/h2-9,16H,1H3. The fraction of sp³-hybridized carbons (Fsp3) is 0.188. The minimum Gasteiger partial charge on any atom is -0.451 e.